The second kappa shape index (κ2) is 6.57. The number of nitrogens with two attached hydrogens (primary N) is 1. The number of urea groups is 1. The smallest absolute Gasteiger partial charge is 0.326 e. The van der Waals surface area contributed by atoms with Gasteiger partial charge in [-0.25, -0.2) is 9.59 Å². The summed E-state index contributed by atoms with van der Waals surface area (Å²) >= 11 is 0. The number of carbonyl (C=O) groups excluding carboxylic acids is 3. The highest BCUT2D eigenvalue weighted by molar-refractivity contribution is 5.90. The minimum absolute atomic E-state index is 0.317. The minimum atomic E-state index is -1.41. The number of carboxylic acids is 1. The molecule has 106 valence electrons. The SMILES string of the molecule is NC(=O)CC(NC(=O)NC1CCCNC1=O)C(=O)O. The maximum atomic E-state index is 11.5. The van der Waals surface area contributed by atoms with E-state index in [1.54, 1.807) is 0 Å². The predicted molar refractivity (Wildman–Crippen MR) is 62.9 cm³/mol. The van der Waals surface area contributed by atoms with Gasteiger partial charge in [-0.15, -0.1) is 0 Å². The molecule has 4 amide bonds. The standard InChI is InChI=1S/C10H16N4O5/c11-7(15)4-6(9(17)18)14-10(19)13-5-2-1-3-12-8(5)16/h5-6H,1-4H2,(H2,11,15)(H,12,16)(H,17,18)(H2,13,14,19). The molecular formula is C10H16N4O5. The van der Waals surface area contributed by atoms with Crippen LogP contribution in [0.15, 0.2) is 0 Å². The number of amides is 4. The molecule has 0 aromatic rings. The summed E-state index contributed by atoms with van der Waals surface area (Å²) in [5.74, 6) is -2.53. The van der Waals surface area contributed by atoms with E-state index < -0.39 is 36.4 Å². The molecule has 19 heavy (non-hydrogen) atoms. The van der Waals surface area contributed by atoms with Gasteiger partial charge in [-0.2, -0.15) is 0 Å². The quantitative estimate of drug-likeness (QED) is 0.388. The largest absolute Gasteiger partial charge is 0.480 e. The Bertz CT molecular complexity index is 397. The van der Waals surface area contributed by atoms with E-state index in [0.717, 1.165) is 6.42 Å². The Balaban J connectivity index is 2.50. The van der Waals surface area contributed by atoms with Crippen molar-refractivity contribution in [2.45, 2.75) is 31.3 Å². The molecule has 6 N–H and O–H groups in total. The van der Waals surface area contributed by atoms with Gasteiger partial charge in [0.25, 0.3) is 0 Å². The van der Waals surface area contributed by atoms with Crippen molar-refractivity contribution in [1.82, 2.24) is 16.0 Å². The molecule has 1 fully saturated rings. The van der Waals surface area contributed by atoms with Crippen LogP contribution in [-0.4, -0.2) is 47.5 Å². The van der Waals surface area contributed by atoms with E-state index >= 15 is 0 Å². The first-order chi connectivity index (χ1) is 8.90. The first-order valence-electron chi connectivity index (χ1n) is 5.76. The molecule has 2 unspecified atom stereocenters. The Morgan fingerprint density at radius 2 is 2.16 bits per heavy atom. The lowest BCUT2D eigenvalue weighted by molar-refractivity contribution is -0.140. The average molecular weight is 272 g/mol. The topological polar surface area (TPSA) is 151 Å². The molecule has 0 aliphatic carbocycles. The zero-order valence-corrected chi connectivity index (χ0v) is 10.1. The maximum Gasteiger partial charge on any atom is 0.326 e. The average Bonchev–Trinajstić information content (AvgIpc) is 2.30. The third-order valence-electron chi connectivity index (χ3n) is 2.60. The molecular weight excluding hydrogens is 256 g/mol. The number of nitrogens with one attached hydrogen (secondary N) is 3. The zero-order chi connectivity index (χ0) is 14.4. The molecule has 0 spiro atoms. The van der Waals surface area contributed by atoms with E-state index in [1.165, 1.54) is 0 Å². The molecule has 2 atom stereocenters. The number of hydrogen-bond acceptors (Lipinski definition) is 4. The van der Waals surface area contributed by atoms with Crippen LogP contribution in [0.3, 0.4) is 0 Å². The minimum Gasteiger partial charge on any atom is -0.480 e. The maximum absolute atomic E-state index is 11.5. The lowest BCUT2D eigenvalue weighted by Gasteiger charge is -2.23. The third-order valence-corrected chi connectivity index (χ3v) is 2.60. The molecule has 0 aromatic carbocycles. The van der Waals surface area contributed by atoms with Gasteiger partial charge < -0.3 is 26.8 Å². The Hall–Kier alpha value is -2.32. The number of aliphatic carboxylic acids is 1. The van der Waals surface area contributed by atoms with Crippen molar-refractivity contribution in [3.63, 3.8) is 0 Å². The molecule has 1 saturated heterocycles. The fourth-order valence-corrected chi connectivity index (χ4v) is 1.67. The van der Waals surface area contributed by atoms with Crippen LogP contribution in [0.1, 0.15) is 19.3 Å². The van der Waals surface area contributed by atoms with Crippen LogP contribution in [0.4, 0.5) is 4.79 Å². The van der Waals surface area contributed by atoms with E-state index in [4.69, 9.17) is 10.8 Å². The second-order valence-corrected chi connectivity index (χ2v) is 4.16. The third kappa shape index (κ3) is 4.82. The first-order valence-corrected chi connectivity index (χ1v) is 5.76. The lowest BCUT2D eigenvalue weighted by Crippen LogP contribution is -2.55. The zero-order valence-electron chi connectivity index (χ0n) is 10.1. The monoisotopic (exact) mass is 272 g/mol. The Morgan fingerprint density at radius 3 is 2.68 bits per heavy atom. The number of carboxylic acid groups (broad SMARTS) is 1. The van der Waals surface area contributed by atoms with Gasteiger partial charge in [0, 0.05) is 6.54 Å². The Labute approximate surface area is 108 Å². The summed E-state index contributed by atoms with van der Waals surface area (Å²) < 4.78 is 0. The fraction of sp³-hybridized carbons (Fsp3) is 0.600. The number of hydrogen-bond donors (Lipinski definition) is 5. The summed E-state index contributed by atoms with van der Waals surface area (Å²) in [6.07, 6.45) is 0.687. The van der Waals surface area contributed by atoms with Crippen LogP contribution in [0.5, 0.6) is 0 Å². The van der Waals surface area contributed by atoms with E-state index in [2.05, 4.69) is 16.0 Å². The molecule has 1 heterocycles. The molecule has 1 rings (SSSR count). The van der Waals surface area contributed by atoms with E-state index in [1.807, 2.05) is 0 Å². The van der Waals surface area contributed by atoms with Crippen LogP contribution >= 0.6 is 0 Å². The highest BCUT2D eigenvalue weighted by Gasteiger charge is 2.26. The molecule has 0 bridgehead atoms. The van der Waals surface area contributed by atoms with Crippen molar-refractivity contribution in [1.29, 1.82) is 0 Å². The van der Waals surface area contributed by atoms with Gasteiger partial charge in [0.15, 0.2) is 0 Å². The van der Waals surface area contributed by atoms with Gasteiger partial charge in [-0.3, -0.25) is 9.59 Å². The number of rotatable bonds is 5. The summed E-state index contributed by atoms with van der Waals surface area (Å²) in [5.41, 5.74) is 4.88. The summed E-state index contributed by atoms with van der Waals surface area (Å²) in [4.78, 5) is 44.4. The van der Waals surface area contributed by atoms with E-state index in [0.29, 0.717) is 13.0 Å². The Kier molecular flexibility index (Phi) is 5.10. The summed E-state index contributed by atoms with van der Waals surface area (Å²) in [5, 5.41) is 15.8. The van der Waals surface area contributed by atoms with E-state index in [9.17, 15) is 19.2 Å². The van der Waals surface area contributed by atoms with E-state index in [-0.39, 0.29) is 5.91 Å². The highest BCUT2D eigenvalue weighted by atomic mass is 16.4. The van der Waals surface area contributed by atoms with Crippen LogP contribution in [-0.2, 0) is 14.4 Å². The summed E-state index contributed by atoms with van der Waals surface area (Å²) in [6, 6.07) is -2.93. The van der Waals surface area contributed by atoms with Gasteiger partial charge in [0.05, 0.1) is 6.42 Å². The van der Waals surface area contributed by atoms with Gasteiger partial charge in [0.2, 0.25) is 11.8 Å². The van der Waals surface area contributed by atoms with Crippen molar-refractivity contribution < 1.29 is 24.3 Å². The molecule has 0 radical (unpaired) electrons. The van der Waals surface area contributed by atoms with Gasteiger partial charge in [-0.1, -0.05) is 0 Å². The van der Waals surface area contributed by atoms with Crippen LogP contribution < -0.4 is 21.7 Å². The number of piperidine rings is 1. The fourth-order valence-electron chi connectivity index (χ4n) is 1.67. The van der Waals surface area contributed by atoms with Crippen molar-refractivity contribution in [2.75, 3.05) is 6.54 Å². The molecule has 0 aromatic heterocycles. The van der Waals surface area contributed by atoms with Crippen molar-refractivity contribution in [2.24, 2.45) is 5.73 Å². The Morgan fingerprint density at radius 1 is 1.47 bits per heavy atom. The molecule has 9 nitrogen and oxygen atoms in total. The summed E-state index contributed by atoms with van der Waals surface area (Å²) in [6.45, 7) is 0.554. The number of primary amides is 1. The predicted octanol–water partition coefficient (Wildman–Crippen LogP) is -2.11. The molecule has 1 aliphatic heterocycles. The highest BCUT2D eigenvalue weighted by Crippen LogP contribution is 2.02. The van der Waals surface area contributed by atoms with Crippen LogP contribution in [0, 0.1) is 0 Å². The normalized spacial score (nSPS) is 20.0. The van der Waals surface area contributed by atoms with Crippen LogP contribution in [0.25, 0.3) is 0 Å². The first kappa shape index (κ1) is 14.7. The molecule has 0 saturated carbocycles. The van der Waals surface area contributed by atoms with Gasteiger partial charge in [0.1, 0.15) is 12.1 Å². The lowest BCUT2D eigenvalue weighted by atomic mass is 10.1. The van der Waals surface area contributed by atoms with Crippen molar-refractivity contribution in [3.05, 3.63) is 0 Å². The van der Waals surface area contributed by atoms with Gasteiger partial charge >= 0.3 is 12.0 Å². The van der Waals surface area contributed by atoms with Crippen molar-refractivity contribution >= 4 is 23.8 Å². The number of carbonyl (C=O) groups is 4. The van der Waals surface area contributed by atoms with Crippen LogP contribution in [0.2, 0.25) is 0 Å². The molecule has 1 aliphatic rings. The summed E-state index contributed by atoms with van der Waals surface area (Å²) in [7, 11) is 0. The van der Waals surface area contributed by atoms with Crippen molar-refractivity contribution in [3.8, 4) is 0 Å². The van der Waals surface area contributed by atoms with Gasteiger partial charge in [-0.05, 0) is 12.8 Å². The second-order valence-electron chi connectivity index (χ2n) is 4.16. The molecule has 9 heteroatoms.